The number of hydrogen-bond donors (Lipinski definition) is 2. The van der Waals surface area contributed by atoms with Gasteiger partial charge in [0.1, 0.15) is 18.2 Å². The number of aromatic nitrogens is 2. The van der Waals surface area contributed by atoms with Crippen molar-refractivity contribution in [1.82, 2.24) is 15.3 Å². The predicted octanol–water partition coefficient (Wildman–Crippen LogP) is 6.43. The van der Waals surface area contributed by atoms with Crippen LogP contribution in [0.3, 0.4) is 0 Å². The lowest BCUT2D eigenvalue weighted by Crippen LogP contribution is -2.17. The molecular weight excluding hydrogens is 509 g/mol. The summed E-state index contributed by atoms with van der Waals surface area (Å²) in [6, 6.07) is 16.1. The fourth-order valence-corrected chi connectivity index (χ4v) is 4.25. The van der Waals surface area contributed by atoms with Crippen molar-refractivity contribution < 1.29 is 13.9 Å². The van der Waals surface area contributed by atoms with E-state index in [2.05, 4.69) is 31.2 Å². The minimum atomic E-state index is -0.378. The van der Waals surface area contributed by atoms with Crippen LogP contribution in [0.15, 0.2) is 59.1 Å². The van der Waals surface area contributed by atoms with Crippen LogP contribution >= 0.6 is 27.5 Å². The van der Waals surface area contributed by atoms with E-state index in [1.807, 2.05) is 36.4 Å². The topological polar surface area (TPSA) is 59.2 Å². The minimum Gasteiger partial charge on any atom is -0.493 e. The molecule has 2 N–H and O–H groups in total. The SMILES string of the molecule is COc1ccc(Br)c(CNCCCc2nc3ccccc3[nH]2)c1OCc1ccc(F)cc1Cl. The molecule has 0 aliphatic carbocycles. The predicted molar refractivity (Wildman–Crippen MR) is 133 cm³/mol. The van der Waals surface area contributed by atoms with Gasteiger partial charge in [0.15, 0.2) is 11.5 Å². The van der Waals surface area contributed by atoms with Crippen LogP contribution in [0.25, 0.3) is 11.0 Å². The normalized spacial score (nSPS) is 11.2. The van der Waals surface area contributed by atoms with E-state index in [-0.39, 0.29) is 12.4 Å². The van der Waals surface area contributed by atoms with Crippen LogP contribution in [-0.2, 0) is 19.6 Å². The number of nitrogens with zero attached hydrogens (tertiary/aromatic N) is 1. The Kier molecular flexibility index (Phi) is 7.85. The molecule has 0 fully saturated rings. The molecule has 33 heavy (non-hydrogen) atoms. The number of fused-ring (bicyclic) bond motifs is 1. The van der Waals surface area contributed by atoms with Crippen molar-refractivity contribution in [2.45, 2.75) is 26.0 Å². The number of halogens is 3. The first kappa shape index (κ1) is 23.5. The first-order chi connectivity index (χ1) is 16.0. The van der Waals surface area contributed by atoms with Crippen molar-refractivity contribution in [3.63, 3.8) is 0 Å². The smallest absolute Gasteiger partial charge is 0.167 e. The fraction of sp³-hybridized carbons (Fsp3) is 0.240. The summed E-state index contributed by atoms with van der Waals surface area (Å²) in [5.41, 5.74) is 3.69. The maximum atomic E-state index is 13.3. The fourth-order valence-electron chi connectivity index (χ4n) is 3.57. The van der Waals surface area contributed by atoms with Gasteiger partial charge in [0, 0.05) is 28.6 Å². The second-order valence-electron chi connectivity index (χ2n) is 7.56. The summed E-state index contributed by atoms with van der Waals surface area (Å²) in [4.78, 5) is 7.98. The number of aromatic amines is 1. The number of H-pyrrole nitrogens is 1. The van der Waals surface area contributed by atoms with E-state index in [4.69, 9.17) is 21.1 Å². The first-order valence-electron chi connectivity index (χ1n) is 10.6. The van der Waals surface area contributed by atoms with Crippen LogP contribution < -0.4 is 14.8 Å². The molecule has 8 heteroatoms. The molecule has 0 atom stereocenters. The Morgan fingerprint density at radius 3 is 2.79 bits per heavy atom. The van der Waals surface area contributed by atoms with Gasteiger partial charge < -0.3 is 19.8 Å². The quantitative estimate of drug-likeness (QED) is 0.231. The van der Waals surface area contributed by atoms with Gasteiger partial charge in [-0.15, -0.1) is 0 Å². The van der Waals surface area contributed by atoms with Gasteiger partial charge in [0.2, 0.25) is 0 Å². The lowest BCUT2D eigenvalue weighted by molar-refractivity contribution is 0.280. The Morgan fingerprint density at radius 1 is 1.15 bits per heavy atom. The van der Waals surface area contributed by atoms with Crippen molar-refractivity contribution in [3.8, 4) is 11.5 Å². The molecule has 3 aromatic carbocycles. The number of methoxy groups -OCH3 is 1. The van der Waals surface area contributed by atoms with Crippen molar-refractivity contribution in [2.75, 3.05) is 13.7 Å². The van der Waals surface area contributed by atoms with Gasteiger partial charge in [-0.05, 0) is 49.4 Å². The van der Waals surface area contributed by atoms with E-state index in [0.717, 1.165) is 46.3 Å². The van der Waals surface area contributed by atoms with E-state index in [0.29, 0.717) is 28.6 Å². The Bertz CT molecular complexity index is 1210. The summed E-state index contributed by atoms with van der Waals surface area (Å²) >= 11 is 9.77. The zero-order valence-electron chi connectivity index (χ0n) is 18.1. The molecule has 4 aromatic rings. The van der Waals surface area contributed by atoms with Crippen LogP contribution in [0, 0.1) is 5.82 Å². The van der Waals surface area contributed by atoms with Gasteiger partial charge >= 0.3 is 0 Å². The second kappa shape index (κ2) is 11.0. The Balaban J connectivity index is 1.37. The van der Waals surface area contributed by atoms with Gasteiger partial charge in [0.05, 0.1) is 23.2 Å². The van der Waals surface area contributed by atoms with E-state index in [1.165, 1.54) is 12.1 Å². The molecule has 0 amide bonds. The van der Waals surface area contributed by atoms with Crippen LogP contribution in [0.1, 0.15) is 23.4 Å². The molecule has 0 aliphatic rings. The molecule has 0 bridgehead atoms. The summed E-state index contributed by atoms with van der Waals surface area (Å²) in [7, 11) is 1.60. The molecule has 172 valence electrons. The number of rotatable bonds is 10. The Hall–Kier alpha value is -2.61. The van der Waals surface area contributed by atoms with Crippen LogP contribution in [0.4, 0.5) is 4.39 Å². The molecular formula is C25H24BrClFN3O2. The maximum Gasteiger partial charge on any atom is 0.167 e. The summed E-state index contributed by atoms with van der Waals surface area (Å²) in [6.45, 7) is 1.60. The maximum absolute atomic E-state index is 13.3. The summed E-state index contributed by atoms with van der Waals surface area (Å²) < 4.78 is 25.9. The standard InChI is InChI=1S/C25H24BrClFN3O2/c1-32-23-11-10-19(26)18(25(23)33-15-16-8-9-17(28)13-20(16)27)14-29-12-4-7-24-30-21-5-2-3-6-22(21)31-24/h2-3,5-6,8-11,13,29H,4,7,12,14-15H2,1H3,(H,30,31). The monoisotopic (exact) mass is 531 g/mol. The van der Waals surface area contributed by atoms with E-state index >= 15 is 0 Å². The van der Waals surface area contributed by atoms with Gasteiger partial charge in [-0.25, -0.2) is 9.37 Å². The molecule has 0 radical (unpaired) electrons. The van der Waals surface area contributed by atoms with Gasteiger partial charge in [-0.2, -0.15) is 0 Å². The van der Waals surface area contributed by atoms with Crippen molar-refractivity contribution in [1.29, 1.82) is 0 Å². The van der Waals surface area contributed by atoms with Crippen LogP contribution in [0.2, 0.25) is 5.02 Å². The number of ether oxygens (including phenoxy) is 2. The third-order valence-electron chi connectivity index (χ3n) is 5.28. The average molecular weight is 533 g/mol. The lowest BCUT2D eigenvalue weighted by atomic mass is 10.1. The zero-order valence-corrected chi connectivity index (χ0v) is 20.5. The highest BCUT2D eigenvalue weighted by Crippen LogP contribution is 2.37. The number of aryl methyl sites for hydroxylation is 1. The molecule has 0 saturated heterocycles. The highest BCUT2D eigenvalue weighted by molar-refractivity contribution is 9.10. The molecule has 0 unspecified atom stereocenters. The molecule has 0 spiro atoms. The molecule has 0 saturated carbocycles. The third-order valence-corrected chi connectivity index (χ3v) is 6.38. The number of benzene rings is 3. The summed E-state index contributed by atoms with van der Waals surface area (Å²) in [6.07, 6.45) is 1.79. The minimum absolute atomic E-state index is 0.199. The average Bonchev–Trinajstić information content (AvgIpc) is 3.22. The zero-order chi connectivity index (χ0) is 23.2. The van der Waals surface area contributed by atoms with E-state index < -0.39 is 0 Å². The molecule has 1 aromatic heterocycles. The largest absolute Gasteiger partial charge is 0.493 e. The summed E-state index contributed by atoms with van der Waals surface area (Å²) in [5.74, 6) is 1.85. The third kappa shape index (κ3) is 5.85. The van der Waals surface area contributed by atoms with E-state index in [9.17, 15) is 4.39 Å². The van der Waals surface area contributed by atoms with E-state index in [1.54, 1.807) is 13.2 Å². The Labute approximate surface area is 205 Å². The van der Waals surface area contributed by atoms with Gasteiger partial charge in [0.25, 0.3) is 0 Å². The molecule has 4 rings (SSSR count). The lowest BCUT2D eigenvalue weighted by Gasteiger charge is -2.17. The highest BCUT2D eigenvalue weighted by atomic mass is 79.9. The van der Waals surface area contributed by atoms with Gasteiger partial charge in [-0.1, -0.05) is 45.7 Å². The highest BCUT2D eigenvalue weighted by Gasteiger charge is 2.15. The molecule has 1 heterocycles. The van der Waals surface area contributed by atoms with Crippen molar-refractivity contribution >= 4 is 38.6 Å². The number of para-hydroxylation sites is 2. The number of hydrogen-bond acceptors (Lipinski definition) is 4. The summed E-state index contributed by atoms with van der Waals surface area (Å²) in [5, 5.41) is 3.80. The molecule has 5 nitrogen and oxygen atoms in total. The van der Waals surface area contributed by atoms with Crippen LogP contribution in [-0.4, -0.2) is 23.6 Å². The second-order valence-corrected chi connectivity index (χ2v) is 8.82. The van der Waals surface area contributed by atoms with Crippen LogP contribution in [0.5, 0.6) is 11.5 Å². The Morgan fingerprint density at radius 2 is 2.00 bits per heavy atom. The number of imidazole rings is 1. The number of nitrogens with one attached hydrogen (secondary N) is 2. The first-order valence-corrected chi connectivity index (χ1v) is 11.8. The van der Waals surface area contributed by atoms with Gasteiger partial charge in [-0.3, -0.25) is 0 Å². The molecule has 0 aliphatic heterocycles. The van der Waals surface area contributed by atoms with Crippen molar-refractivity contribution in [3.05, 3.63) is 86.9 Å². The van der Waals surface area contributed by atoms with Crippen molar-refractivity contribution in [2.24, 2.45) is 0 Å².